The Morgan fingerprint density at radius 3 is 1.24 bits per heavy atom. The van der Waals surface area contributed by atoms with Crippen molar-refractivity contribution in [3.05, 3.63) is 0 Å². The second-order valence-electron chi connectivity index (χ2n) is 7.03. The van der Waals surface area contributed by atoms with Crippen LogP contribution < -0.4 is 0 Å². The summed E-state index contributed by atoms with van der Waals surface area (Å²) in [4.78, 5) is 10.0. The number of carbonyl (C=O) groups excluding carboxylic acids is 1. The summed E-state index contributed by atoms with van der Waals surface area (Å²) in [6, 6.07) is 0. The van der Waals surface area contributed by atoms with E-state index >= 15 is 0 Å². The highest BCUT2D eigenvalue weighted by Crippen LogP contribution is 2.14. The molecule has 21 heavy (non-hydrogen) atoms. The second-order valence-corrected chi connectivity index (χ2v) is 7.03. The van der Waals surface area contributed by atoms with Gasteiger partial charge in [0.05, 0.1) is 0 Å². The molecule has 0 aliphatic rings. The van der Waals surface area contributed by atoms with E-state index in [1.165, 1.54) is 89.9 Å². The molecule has 0 bridgehead atoms. The molecule has 0 amide bonds. The summed E-state index contributed by atoms with van der Waals surface area (Å²) in [6.45, 7) is 4.65. The van der Waals surface area contributed by atoms with E-state index in [1.807, 2.05) is 6.29 Å². The van der Waals surface area contributed by atoms with Gasteiger partial charge in [-0.3, -0.25) is 4.79 Å². The van der Waals surface area contributed by atoms with Crippen LogP contribution in [0.1, 0.15) is 117 Å². The predicted molar refractivity (Wildman–Crippen MR) is 94.4 cm³/mol. The monoisotopic (exact) mass is 295 g/mol. The topological polar surface area (TPSA) is 17.1 Å². The maximum atomic E-state index is 10.0. The molecule has 0 saturated heterocycles. The van der Waals surface area contributed by atoms with Crippen molar-refractivity contribution < 1.29 is 4.79 Å². The molecule has 0 aromatic carbocycles. The third-order valence-electron chi connectivity index (χ3n) is 4.31. The van der Waals surface area contributed by atoms with E-state index in [-0.39, 0.29) is 0 Å². The minimum Gasteiger partial charge on any atom is -0.291 e. The Kier molecular flexibility index (Phi) is 17.4. The summed E-state index contributed by atoms with van der Waals surface area (Å²) in [5, 5.41) is 0. The summed E-state index contributed by atoms with van der Waals surface area (Å²) in [7, 11) is 0. The van der Waals surface area contributed by atoms with Crippen LogP contribution in [-0.2, 0) is 4.79 Å². The normalized spacial score (nSPS) is 11.2. The molecule has 0 aliphatic heterocycles. The van der Waals surface area contributed by atoms with E-state index in [1.54, 1.807) is 0 Å². The van der Waals surface area contributed by atoms with Crippen LogP contribution in [0.15, 0.2) is 0 Å². The lowest BCUT2D eigenvalue weighted by Crippen LogP contribution is -1.87. The molecular formula is C20H39O. The Bertz CT molecular complexity index is 198. The average Bonchev–Trinajstić information content (AvgIpc) is 2.46. The molecule has 0 spiro atoms. The molecule has 0 fully saturated rings. The van der Waals surface area contributed by atoms with Gasteiger partial charge >= 0.3 is 0 Å². The minimum atomic E-state index is 0.636. The van der Waals surface area contributed by atoms with E-state index in [2.05, 4.69) is 13.8 Å². The second kappa shape index (κ2) is 17.7. The van der Waals surface area contributed by atoms with Crippen molar-refractivity contribution in [3.8, 4) is 0 Å². The lowest BCUT2D eigenvalue weighted by atomic mass is 10.0. The first-order valence-corrected chi connectivity index (χ1v) is 9.62. The lowest BCUT2D eigenvalue weighted by Gasteiger charge is -2.04. The zero-order chi connectivity index (χ0) is 15.6. The summed E-state index contributed by atoms with van der Waals surface area (Å²) >= 11 is 0. The molecule has 0 unspecified atom stereocenters. The Hall–Kier alpha value is -0.330. The summed E-state index contributed by atoms with van der Waals surface area (Å²) in [5.74, 6) is 0.883. The highest BCUT2D eigenvalue weighted by atomic mass is 16.1. The maximum absolute atomic E-state index is 10.0. The van der Waals surface area contributed by atoms with Crippen LogP contribution in [0.4, 0.5) is 0 Å². The van der Waals surface area contributed by atoms with Crippen LogP contribution >= 0.6 is 0 Å². The third kappa shape index (κ3) is 19.7. The summed E-state index contributed by atoms with van der Waals surface area (Å²) < 4.78 is 0. The van der Waals surface area contributed by atoms with Crippen LogP contribution in [-0.4, -0.2) is 6.29 Å². The van der Waals surface area contributed by atoms with Crippen molar-refractivity contribution in [1.82, 2.24) is 0 Å². The molecule has 0 atom stereocenters. The minimum absolute atomic E-state index is 0.636. The first kappa shape index (κ1) is 20.7. The van der Waals surface area contributed by atoms with Gasteiger partial charge in [-0.1, -0.05) is 104 Å². The van der Waals surface area contributed by atoms with E-state index in [0.29, 0.717) is 6.42 Å². The Morgan fingerprint density at radius 2 is 0.905 bits per heavy atom. The molecular weight excluding hydrogens is 256 g/mol. The van der Waals surface area contributed by atoms with Crippen molar-refractivity contribution in [1.29, 1.82) is 0 Å². The number of hydrogen-bond acceptors (Lipinski definition) is 1. The zero-order valence-corrected chi connectivity index (χ0v) is 14.8. The smallest absolute Gasteiger partial charge is 0.198 e. The average molecular weight is 296 g/mol. The fourth-order valence-electron chi connectivity index (χ4n) is 2.87. The van der Waals surface area contributed by atoms with E-state index in [0.717, 1.165) is 12.3 Å². The zero-order valence-electron chi connectivity index (χ0n) is 14.8. The van der Waals surface area contributed by atoms with Gasteiger partial charge in [-0.15, -0.1) is 0 Å². The van der Waals surface area contributed by atoms with Gasteiger partial charge in [0, 0.05) is 6.42 Å². The lowest BCUT2D eigenvalue weighted by molar-refractivity contribution is 0.502. The van der Waals surface area contributed by atoms with Gasteiger partial charge in [0.15, 0.2) is 6.29 Å². The Balaban J connectivity index is 2.95. The molecule has 0 N–H and O–H groups in total. The van der Waals surface area contributed by atoms with E-state index in [4.69, 9.17) is 0 Å². The van der Waals surface area contributed by atoms with Crippen molar-refractivity contribution in [2.45, 2.75) is 117 Å². The Morgan fingerprint density at radius 1 is 0.571 bits per heavy atom. The highest BCUT2D eigenvalue weighted by molar-refractivity contribution is 5.50. The van der Waals surface area contributed by atoms with Gasteiger partial charge < -0.3 is 0 Å². The van der Waals surface area contributed by atoms with Crippen molar-refractivity contribution in [3.63, 3.8) is 0 Å². The van der Waals surface area contributed by atoms with Gasteiger partial charge in [0.2, 0.25) is 0 Å². The fourth-order valence-corrected chi connectivity index (χ4v) is 2.87. The van der Waals surface area contributed by atoms with Gasteiger partial charge in [-0.2, -0.15) is 0 Å². The predicted octanol–water partition coefficient (Wildman–Crippen LogP) is 6.99. The standard InChI is InChI=1S/C20H39O/c1-20(2)18-16-14-12-10-8-6-4-3-5-7-9-11-13-15-17-19-21/h20H,3-18H2,1-2H3. The molecule has 0 heterocycles. The first-order chi connectivity index (χ1) is 10.3. The third-order valence-corrected chi connectivity index (χ3v) is 4.31. The van der Waals surface area contributed by atoms with Crippen LogP contribution in [0.5, 0.6) is 0 Å². The van der Waals surface area contributed by atoms with Gasteiger partial charge in [-0.25, -0.2) is 0 Å². The van der Waals surface area contributed by atoms with Crippen molar-refractivity contribution >= 4 is 6.29 Å². The van der Waals surface area contributed by atoms with E-state index < -0.39 is 0 Å². The summed E-state index contributed by atoms with van der Waals surface area (Å²) in [6.07, 6.45) is 23.3. The van der Waals surface area contributed by atoms with Crippen molar-refractivity contribution in [2.24, 2.45) is 5.92 Å². The highest BCUT2D eigenvalue weighted by Gasteiger charge is 1.96. The van der Waals surface area contributed by atoms with Crippen LogP contribution in [0.25, 0.3) is 0 Å². The molecule has 0 saturated carbocycles. The molecule has 1 radical (unpaired) electrons. The molecule has 0 aromatic rings. The largest absolute Gasteiger partial charge is 0.291 e. The van der Waals surface area contributed by atoms with Crippen LogP contribution in [0.3, 0.4) is 0 Å². The number of unbranched alkanes of at least 4 members (excludes halogenated alkanes) is 14. The number of rotatable bonds is 17. The SMILES string of the molecule is CC(C)CCCCCCCCCCCCCCCC[C]=O. The molecule has 125 valence electrons. The number of hydrogen-bond donors (Lipinski definition) is 0. The van der Waals surface area contributed by atoms with Gasteiger partial charge in [-0.05, 0) is 12.3 Å². The van der Waals surface area contributed by atoms with Crippen molar-refractivity contribution in [2.75, 3.05) is 0 Å². The Labute approximate surface area is 134 Å². The molecule has 0 rings (SSSR count). The molecule has 0 aromatic heterocycles. The van der Waals surface area contributed by atoms with Crippen LogP contribution in [0, 0.1) is 5.92 Å². The first-order valence-electron chi connectivity index (χ1n) is 9.62. The van der Waals surface area contributed by atoms with E-state index in [9.17, 15) is 4.79 Å². The van der Waals surface area contributed by atoms with Crippen LogP contribution in [0.2, 0.25) is 0 Å². The van der Waals surface area contributed by atoms with Gasteiger partial charge in [0.25, 0.3) is 0 Å². The fraction of sp³-hybridized carbons (Fsp3) is 0.950. The molecule has 0 aliphatic carbocycles. The van der Waals surface area contributed by atoms with Gasteiger partial charge in [0.1, 0.15) is 0 Å². The maximum Gasteiger partial charge on any atom is 0.198 e. The molecule has 1 heteroatoms. The quantitative estimate of drug-likeness (QED) is 0.264. The molecule has 1 nitrogen and oxygen atoms in total. The summed E-state index contributed by atoms with van der Waals surface area (Å²) in [5.41, 5.74) is 0.